The van der Waals surface area contributed by atoms with Crippen LogP contribution in [0.4, 0.5) is 39.5 Å². The highest BCUT2D eigenvalue weighted by atomic mass is 32.2. The van der Waals surface area contributed by atoms with Crippen molar-refractivity contribution >= 4 is 15.7 Å². The zero-order valence-electron chi connectivity index (χ0n) is 25.8. The van der Waals surface area contributed by atoms with Crippen LogP contribution in [0.1, 0.15) is 42.4 Å². The number of piperidine rings is 1. The van der Waals surface area contributed by atoms with Gasteiger partial charge < -0.3 is 14.4 Å². The van der Waals surface area contributed by atoms with Crippen molar-refractivity contribution in [2.75, 3.05) is 20.2 Å². The highest BCUT2D eigenvalue weighted by molar-refractivity contribution is 7.92. The van der Waals surface area contributed by atoms with Crippen LogP contribution in [-0.2, 0) is 41.1 Å². The summed E-state index contributed by atoms with van der Waals surface area (Å²) < 4.78 is 165. The van der Waals surface area contributed by atoms with Crippen LogP contribution in [-0.4, -0.2) is 57.9 Å². The molecule has 2 fully saturated rings. The van der Waals surface area contributed by atoms with Gasteiger partial charge in [0.2, 0.25) is 5.91 Å². The molecule has 2 aliphatic rings. The number of amides is 1. The first-order chi connectivity index (χ1) is 22.9. The highest BCUT2D eigenvalue weighted by Gasteiger charge is 2.73. The quantitative estimate of drug-likeness (QED) is 0.171. The molecular weight excluding hydrogens is 693 g/mol. The molecule has 1 heterocycles. The lowest BCUT2D eigenvalue weighted by Gasteiger charge is -2.48. The van der Waals surface area contributed by atoms with Crippen LogP contribution in [0.3, 0.4) is 0 Å². The first-order valence-electron chi connectivity index (χ1n) is 15.0. The number of benzene rings is 3. The maximum absolute atomic E-state index is 14.5. The molecule has 1 saturated heterocycles. The van der Waals surface area contributed by atoms with E-state index in [1.54, 1.807) is 0 Å². The van der Waals surface area contributed by atoms with Crippen molar-refractivity contribution in [3.8, 4) is 0 Å². The minimum atomic E-state index is -6.21. The van der Waals surface area contributed by atoms with Gasteiger partial charge in [0, 0.05) is 37.2 Å². The fourth-order valence-electron chi connectivity index (χ4n) is 6.54. The Balaban J connectivity index is 1.55. The van der Waals surface area contributed by atoms with Crippen molar-refractivity contribution in [3.63, 3.8) is 0 Å². The maximum atomic E-state index is 14.5. The molecule has 266 valence electrons. The van der Waals surface area contributed by atoms with E-state index in [9.17, 15) is 52.7 Å². The standard InChI is InChI=1S/C33H30F9NO5S/c1-47-24-4-3-15-43(18-24)29(44)20-16-30(17-20,49(45,46)25-13-11-23(34)12-14-25)21-7-9-22(10-8-21)31(32(37,38)39,33(40,41)42)48-19-26-27(35)5-2-6-28(26)36/h2,5-14,20,24H,3-4,15-19H2,1H3. The predicted molar refractivity (Wildman–Crippen MR) is 156 cm³/mol. The predicted octanol–water partition coefficient (Wildman–Crippen LogP) is 7.36. The number of ether oxygens (including phenoxy) is 2. The molecule has 1 aliphatic carbocycles. The van der Waals surface area contributed by atoms with E-state index in [2.05, 4.69) is 4.74 Å². The van der Waals surface area contributed by atoms with Gasteiger partial charge in [-0.2, -0.15) is 26.3 Å². The summed E-state index contributed by atoms with van der Waals surface area (Å²) >= 11 is 0. The smallest absolute Gasteiger partial charge is 0.380 e. The number of likely N-dealkylation sites (tertiary alicyclic amines) is 1. The van der Waals surface area contributed by atoms with Gasteiger partial charge in [-0.1, -0.05) is 30.3 Å². The SMILES string of the molecule is COC1CCCN(C(=O)C2CC(c3ccc(C(OCc4c(F)cccc4F)(C(F)(F)F)C(F)(F)F)cc3)(S(=O)(=O)c3ccc(F)cc3)C2)C1. The molecule has 5 rings (SSSR count). The molecule has 0 N–H and O–H groups in total. The number of hydrogen-bond donors (Lipinski definition) is 0. The average molecular weight is 724 g/mol. The fourth-order valence-corrected chi connectivity index (χ4v) is 8.78. The van der Waals surface area contributed by atoms with Crippen LogP contribution in [0.2, 0.25) is 0 Å². The number of halogens is 9. The third-order valence-electron chi connectivity index (χ3n) is 9.27. The summed E-state index contributed by atoms with van der Waals surface area (Å²) in [4.78, 5) is 14.6. The normalized spacial score (nSPS) is 22.1. The van der Waals surface area contributed by atoms with Crippen molar-refractivity contribution in [1.29, 1.82) is 0 Å². The van der Waals surface area contributed by atoms with Gasteiger partial charge in [-0.3, -0.25) is 4.79 Å². The van der Waals surface area contributed by atoms with E-state index in [-0.39, 0.29) is 41.9 Å². The summed E-state index contributed by atoms with van der Waals surface area (Å²) in [7, 11) is -3.04. The molecule has 1 amide bonds. The van der Waals surface area contributed by atoms with Gasteiger partial charge in [-0.25, -0.2) is 21.6 Å². The number of nitrogens with zero attached hydrogens (tertiary/aromatic N) is 1. The Morgan fingerprint density at radius 1 is 0.878 bits per heavy atom. The molecule has 0 aromatic heterocycles. The Morgan fingerprint density at radius 3 is 1.98 bits per heavy atom. The molecule has 0 bridgehead atoms. The number of alkyl halides is 6. The Hall–Kier alpha value is -3.63. The third kappa shape index (κ3) is 6.42. The van der Waals surface area contributed by atoms with Crippen molar-refractivity contribution in [3.05, 3.63) is 101 Å². The Labute approximate surface area is 275 Å². The molecule has 1 unspecified atom stereocenters. The zero-order valence-corrected chi connectivity index (χ0v) is 26.6. The van der Waals surface area contributed by atoms with Crippen molar-refractivity contribution < 1.29 is 62.2 Å². The summed E-state index contributed by atoms with van der Waals surface area (Å²) in [6.45, 7) is -1.12. The summed E-state index contributed by atoms with van der Waals surface area (Å²) in [5, 5.41) is 0. The molecular formula is C33H30F9NO5S. The van der Waals surface area contributed by atoms with Crippen LogP contribution >= 0.6 is 0 Å². The molecule has 1 saturated carbocycles. The lowest BCUT2D eigenvalue weighted by atomic mass is 9.69. The molecule has 1 atom stereocenters. The second-order valence-electron chi connectivity index (χ2n) is 12.1. The highest BCUT2D eigenvalue weighted by Crippen LogP contribution is 2.57. The van der Waals surface area contributed by atoms with Crippen LogP contribution < -0.4 is 0 Å². The molecule has 49 heavy (non-hydrogen) atoms. The lowest BCUT2D eigenvalue weighted by molar-refractivity contribution is -0.392. The van der Waals surface area contributed by atoms with E-state index in [1.165, 1.54) is 12.0 Å². The topological polar surface area (TPSA) is 72.9 Å². The Bertz CT molecular complexity index is 1740. The third-order valence-corrected chi connectivity index (χ3v) is 11.8. The van der Waals surface area contributed by atoms with E-state index in [4.69, 9.17) is 4.74 Å². The lowest BCUT2D eigenvalue weighted by Crippen LogP contribution is -2.56. The van der Waals surface area contributed by atoms with E-state index in [0.717, 1.165) is 42.5 Å². The summed E-state index contributed by atoms with van der Waals surface area (Å²) in [5.74, 6) is -4.88. The molecule has 3 aromatic carbocycles. The first kappa shape index (κ1) is 36.6. The van der Waals surface area contributed by atoms with E-state index >= 15 is 0 Å². The van der Waals surface area contributed by atoms with Crippen LogP contribution in [0.5, 0.6) is 0 Å². The second-order valence-corrected chi connectivity index (χ2v) is 14.3. The summed E-state index contributed by atoms with van der Waals surface area (Å²) in [6, 6.07) is 8.13. The maximum Gasteiger partial charge on any atom is 0.430 e. The fraction of sp³-hybridized carbons (Fsp3) is 0.424. The minimum absolute atomic E-state index is 0.226. The van der Waals surface area contributed by atoms with Gasteiger partial charge in [0.15, 0.2) is 9.84 Å². The van der Waals surface area contributed by atoms with Crippen LogP contribution in [0, 0.1) is 23.4 Å². The largest absolute Gasteiger partial charge is 0.430 e. The number of rotatable bonds is 9. The average Bonchev–Trinajstić information content (AvgIpc) is 3.01. The van der Waals surface area contributed by atoms with Crippen molar-refractivity contribution in [2.24, 2.45) is 5.92 Å². The molecule has 3 aromatic rings. The number of hydrogen-bond acceptors (Lipinski definition) is 5. The second kappa shape index (κ2) is 13.2. The summed E-state index contributed by atoms with van der Waals surface area (Å²) in [6.07, 6.45) is -12.1. The van der Waals surface area contributed by atoms with Gasteiger partial charge in [0.05, 0.1) is 17.6 Å². The van der Waals surface area contributed by atoms with Gasteiger partial charge in [-0.05, 0) is 67.6 Å². The molecule has 1 aliphatic heterocycles. The van der Waals surface area contributed by atoms with Gasteiger partial charge in [0.25, 0.3) is 5.60 Å². The minimum Gasteiger partial charge on any atom is -0.380 e. The van der Waals surface area contributed by atoms with E-state index < -0.39 is 73.6 Å². The van der Waals surface area contributed by atoms with E-state index in [0.29, 0.717) is 43.7 Å². The van der Waals surface area contributed by atoms with Gasteiger partial charge >= 0.3 is 12.4 Å². The Kier molecular flexibility index (Phi) is 9.91. The molecule has 6 nitrogen and oxygen atoms in total. The zero-order chi connectivity index (χ0) is 36.0. The molecule has 0 radical (unpaired) electrons. The van der Waals surface area contributed by atoms with Crippen LogP contribution in [0.25, 0.3) is 0 Å². The van der Waals surface area contributed by atoms with Crippen molar-refractivity contribution in [2.45, 2.75) is 66.0 Å². The van der Waals surface area contributed by atoms with Crippen molar-refractivity contribution in [1.82, 2.24) is 4.90 Å². The molecule has 16 heteroatoms. The number of carbonyl (C=O) groups excluding carboxylic acids is 1. The van der Waals surface area contributed by atoms with Gasteiger partial charge in [-0.15, -0.1) is 0 Å². The van der Waals surface area contributed by atoms with E-state index in [1.807, 2.05) is 0 Å². The first-order valence-corrected chi connectivity index (χ1v) is 16.5. The van der Waals surface area contributed by atoms with Gasteiger partial charge in [0.1, 0.15) is 22.2 Å². The Morgan fingerprint density at radius 2 is 1.45 bits per heavy atom. The molecule has 0 spiro atoms. The number of methoxy groups -OCH3 is 1. The number of carbonyl (C=O) groups is 1. The number of sulfone groups is 1. The summed E-state index contributed by atoms with van der Waals surface area (Å²) in [5.41, 5.74) is -8.01. The van der Waals surface area contributed by atoms with Crippen LogP contribution in [0.15, 0.2) is 71.6 Å². The monoisotopic (exact) mass is 723 g/mol.